The van der Waals surface area contributed by atoms with Gasteiger partial charge in [-0.3, -0.25) is 14.9 Å². The number of benzene rings is 2. The van der Waals surface area contributed by atoms with Gasteiger partial charge in [0.05, 0.1) is 4.92 Å². The molecule has 1 saturated heterocycles. The second kappa shape index (κ2) is 8.91. The highest BCUT2D eigenvalue weighted by Gasteiger charge is 2.26. The van der Waals surface area contributed by atoms with Crippen LogP contribution >= 0.6 is 0 Å². The lowest BCUT2D eigenvalue weighted by molar-refractivity contribution is -0.384. The summed E-state index contributed by atoms with van der Waals surface area (Å²) in [5.74, 6) is 1.23. The first kappa shape index (κ1) is 20.5. The predicted molar refractivity (Wildman–Crippen MR) is 119 cm³/mol. The van der Waals surface area contributed by atoms with E-state index in [2.05, 4.69) is 20.2 Å². The molecule has 0 bridgehead atoms. The number of nitro groups is 1. The van der Waals surface area contributed by atoms with Crippen LogP contribution in [-0.2, 0) is 4.79 Å². The number of hydrogen-bond donors (Lipinski definition) is 1. The van der Waals surface area contributed by atoms with Crippen molar-refractivity contribution >= 4 is 23.1 Å². The fraction of sp³-hybridized carbons (Fsp3) is 0.261. The Balaban J connectivity index is 1.46. The zero-order valence-corrected chi connectivity index (χ0v) is 17.2. The summed E-state index contributed by atoms with van der Waals surface area (Å²) in [4.78, 5) is 34.5. The first-order chi connectivity index (χ1) is 15.0. The zero-order valence-electron chi connectivity index (χ0n) is 17.2. The molecule has 0 aliphatic carbocycles. The number of amides is 1. The molecule has 1 aromatic heterocycles. The Labute approximate surface area is 180 Å². The summed E-state index contributed by atoms with van der Waals surface area (Å²) >= 11 is 0. The largest absolute Gasteiger partial charge is 0.356 e. The number of piperidine rings is 1. The van der Waals surface area contributed by atoms with Crippen molar-refractivity contribution in [1.82, 2.24) is 9.97 Å². The molecular weight excluding hydrogens is 394 g/mol. The molecule has 1 aliphatic heterocycles. The van der Waals surface area contributed by atoms with Gasteiger partial charge in [0.25, 0.3) is 5.69 Å². The standard InChI is InChI=1S/C23H23N5O3/c1-16-14-21(26-22(24-16)18-6-5-9-20(15-18)28(30)31)27-12-10-17(11-13-27)23(29)25-19-7-3-2-4-8-19/h2-9,14-15,17H,10-13H2,1H3,(H,25,29). The molecule has 1 amide bonds. The molecule has 1 fully saturated rings. The summed E-state index contributed by atoms with van der Waals surface area (Å²) in [6.45, 7) is 3.29. The highest BCUT2D eigenvalue weighted by molar-refractivity contribution is 5.92. The number of para-hydroxylation sites is 1. The Morgan fingerprint density at radius 1 is 1.06 bits per heavy atom. The molecule has 1 N–H and O–H groups in total. The molecule has 3 aromatic rings. The summed E-state index contributed by atoms with van der Waals surface area (Å²) in [5.41, 5.74) is 2.21. The third-order valence-corrected chi connectivity index (χ3v) is 5.39. The highest BCUT2D eigenvalue weighted by Crippen LogP contribution is 2.27. The van der Waals surface area contributed by atoms with Crippen LogP contribution in [-0.4, -0.2) is 33.9 Å². The van der Waals surface area contributed by atoms with Gasteiger partial charge in [0.2, 0.25) is 5.91 Å². The Morgan fingerprint density at radius 2 is 1.81 bits per heavy atom. The quantitative estimate of drug-likeness (QED) is 0.493. The first-order valence-corrected chi connectivity index (χ1v) is 10.2. The van der Waals surface area contributed by atoms with Crippen LogP contribution in [0.15, 0.2) is 60.7 Å². The zero-order chi connectivity index (χ0) is 21.8. The number of anilines is 2. The van der Waals surface area contributed by atoms with Gasteiger partial charge in [0.15, 0.2) is 5.82 Å². The van der Waals surface area contributed by atoms with Gasteiger partial charge in [-0.15, -0.1) is 0 Å². The number of carbonyl (C=O) groups is 1. The van der Waals surface area contributed by atoms with Crippen molar-refractivity contribution in [2.45, 2.75) is 19.8 Å². The molecule has 1 aliphatic rings. The van der Waals surface area contributed by atoms with E-state index in [9.17, 15) is 14.9 Å². The Morgan fingerprint density at radius 3 is 2.52 bits per heavy atom. The molecule has 2 aromatic carbocycles. The van der Waals surface area contributed by atoms with Crippen molar-refractivity contribution in [1.29, 1.82) is 0 Å². The molecule has 0 saturated carbocycles. The van der Waals surface area contributed by atoms with Crippen molar-refractivity contribution in [2.24, 2.45) is 5.92 Å². The molecule has 4 rings (SSSR count). The maximum absolute atomic E-state index is 12.6. The van der Waals surface area contributed by atoms with Crippen LogP contribution in [0.25, 0.3) is 11.4 Å². The van der Waals surface area contributed by atoms with Gasteiger partial charge in [-0.05, 0) is 31.9 Å². The highest BCUT2D eigenvalue weighted by atomic mass is 16.6. The minimum Gasteiger partial charge on any atom is -0.356 e. The van der Waals surface area contributed by atoms with Gasteiger partial charge < -0.3 is 10.2 Å². The SMILES string of the molecule is Cc1cc(N2CCC(C(=O)Nc3ccccc3)CC2)nc(-c2cccc([N+](=O)[O-])c2)n1. The molecule has 8 nitrogen and oxygen atoms in total. The number of aromatic nitrogens is 2. The Bertz CT molecular complexity index is 1100. The lowest BCUT2D eigenvalue weighted by Crippen LogP contribution is -2.38. The fourth-order valence-corrected chi connectivity index (χ4v) is 3.74. The number of rotatable bonds is 5. The summed E-state index contributed by atoms with van der Waals surface area (Å²) < 4.78 is 0. The second-order valence-corrected chi connectivity index (χ2v) is 7.62. The maximum atomic E-state index is 12.6. The summed E-state index contributed by atoms with van der Waals surface area (Å²) in [5, 5.41) is 14.1. The van der Waals surface area contributed by atoms with Crippen molar-refractivity contribution in [3.05, 3.63) is 76.5 Å². The molecule has 0 atom stereocenters. The third kappa shape index (κ3) is 4.85. The van der Waals surface area contributed by atoms with Gasteiger partial charge in [-0.25, -0.2) is 9.97 Å². The molecule has 158 valence electrons. The van der Waals surface area contributed by atoms with E-state index >= 15 is 0 Å². The molecule has 8 heteroatoms. The van der Waals surface area contributed by atoms with Crippen molar-refractivity contribution < 1.29 is 9.72 Å². The molecular formula is C23H23N5O3. The number of aryl methyl sites for hydroxylation is 1. The molecule has 0 spiro atoms. The van der Waals surface area contributed by atoms with Crippen molar-refractivity contribution in [3.63, 3.8) is 0 Å². The van der Waals surface area contributed by atoms with Crippen LogP contribution in [0.1, 0.15) is 18.5 Å². The summed E-state index contributed by atoms with van der Waals surface area (Å²) in [6, 6.07) is 17.7. The number of carbonyl (C=O) groups excluding carboxylic acids is 1. The third-order valence-electron chi connectivity index (χ3n) is 5.39. The monoisotopic (exact) mass is 417 g/mol. The number of non-ortho nitro benzene ring substituents is 1. The number of hydrogen-bond acceptors (Lipinski definition) is 6. The number of nitrogens with one attached hydrogen (secondary N) is 1. The molecule has 0 unspecified atom stereocenters. The number of nitrogens with zero attached hydrogens (tertiary/aromatic N) is 4. The normalized spacial score (nSPS) is 14.3. The Hall–Kier alpha value is -3.81. The van der Waals surface area contributed by atoms with E-state index in [0.717, 1.165) is 30.0 Å². The van der Waals surface area contributed by atoms with Crippen LogP contribution in [0.4, 0.5) is 17.2 Å². The van der Waals surface area contributed by atoms with E-state index < -0.39 is 4.92 Å². The van der Waals surface area contributed by atoms with Gasteiger partial charge in [0, 0.05) is 54.2 Å². The number of nitro benzene ring substituents is 1. The van der Waals surface area contributed by atoms with E-state index in [1.807, 2.05) is 43.3 Å². The van der Waals surface area contributed by atoms with Crippen LogP contribution in [0.5, 0.6) is 0 Å². The summed E-state index contributed by atoms with van der Waals surface area (Å²) in [6.07, 6.45) is 1.46. The van der Waals surface area contributed by atoms with Gasteiger partial charge in [0.1, 0.15) is 5.82 Å². The average molecular weight is 417 g/mol. The topological polar surface area (TPSA) is 101 Å². The van der Waals surface area contributed by atoms with Crippen LogP contribution in [0, 0.1) is 23.0 Å². The van der Waals surface area contributed by atoms with Crippen molar-refractivity contribution in [2.75, 3.05) is 23.3 Å². The molecule has 0 radical (unpaired) electrons. The van der Waals surface area contributed by atoms with Crippen LogP contribution < -0.4 is 10.2 Å². The first-order valence-electron chi connectivity index (χ1n) is 10.2. The van der Waals surface area contributed by atoms with Gasteiger partial charge in [-0.1, -0.05) is 30.3 Å². The maximum Gasteiger partial charge on any atom is 0.270 e. The predicted octanol–water partition coefficient (Wildman–Crippen LogP) is 4.22. The smallest absolute Gasteiger partial charge is 0.270 e. The Kier molecular flexibility index (Phi) is 5.88. The van der Waals surface area contributed by atoms with Crippen LogP contribution in [0.2, 0.25) is 0 Å². The molecule has 31 heavy (non-hydrogen) atoms. The average Bonchev–Trinajstić information content (AvgIpc) is 2.79. The van der Waals surface area contributed by atoms with Crippen LogP contribution in [0.3, 0.4) is 0 Å². The van der Waals surface area contributed by atoms with Crippen molar-refractivity contribution in [3.8, 4) is 11.4 Å². The van der Waals surface area contributed by atoms with Gasteiger partial charge >= 0.3 is 0 Å². The van der Waals surface area contributed by atoms with E-state index in [0.29, 0.717) is 24.5 Å². The minimum atomic E-state index is -0.425. The lowest BCUT2D eigenvalue weighted by atomic mass is 9.95. The van der Waals surface area contributed by atoms with E-state index in [4.69, 9.17) is 0 Å². The van der Waals surface area contributed by atoms with E-state index in [-0.39, 0.29) is 17.5 Å². The second-order valence-electron chi connectivity index (χ2n) is 7.62. The fourth-order valence-electron chi connectivity index (χ4n) is 3.74. The van der Waals surface area contributed by atoms with E-state index in [1.54, 1.807) is 12.1 Å². The minimum absolute atomic E-state index is 0.00870. The lowest BCUT2D eigenvalue weighted by Gasteiger charge is -2.32. The molecule has 2 heterocycles. The summed E-state index contributed by atoms with van der Waals surface area (Å²) in [7, 11) is 0. The van der Waals surface area contributed by atoms with E-state index in [1.165, 1.54) is 12.1 Å². The van der Waals surface area contributed by atoms with Gasteiger partial charge in [-0.2, -0.15) is 0 Å².